The van der Waals surface area contributed by atoms with E-state index in [0.717, 1.165) is 21.7 Å². The van der Waals surface area contributed by atoms with E-state index in [-0.39, 0.29) is 24.6 Å². The average molecular weight is 602 g/mol. The fraction of sp³-hybridized carbons (Fsp3) is 0.212. The summed E-state index contributed by atoms with van der Waals surface area (Å²) in [4.78, 5) is 28.7. The minimum Gasteiger partial charge on any atom is -0.497 e. The molecular formula is C33H35N3O6S. The van der Waals surface area contributed by atoms with Crippen molar-refractivity contribution in [3.63, 3.8) is 0 Å². The summed E-state index contributed by atoms with van der Waals surface area (Å²) in [5, 5.41) is 2.67. The maximum atomic E-state index is 14.1. The van der Waals surface area contributed by atoms with E-state index >= 15 is 0 Å². The van der Waals surface area contributed by atoms with Gasteiger partial charge in [0.1, 0.15) is 29.8 Å². The topological polar surface area (TPSA) is 105 Å². The van der Waals surface area contributed by atoms with Crippen LogP contribution in [-0.4, -0.2) is 58.1 Å². The molecule has 0 saturated carbocycles. The van der Waals surface area contributed by atoms with Gasteiger partial charge in [-0.25, -0.2) is 8.42 Å². The molecule has 0 spiro atoms. The lowest BCUT2D eigenvalue weighted by molar-refractivity contribution is -0.139. The van der Waals surface area contributed by atoms with Gasteiger partial charge < -0.3 is 19.7 Å². The normalized spacial score (nSPS) is 11.7. The van der Waals surface area contributed by atoms with Gasteiger partial charge in [0.05, 0.1) is 19.1 Å². The summed E-state index contributed by atoms with van der Waals surface area (Å²) in [5.74, 6) is 0.838. The molecule has 224 valence electrons. The smallest absolute Gasteiger partial charge is 0.244 e. The molecule has 43 heavy (non-hydrogen) atoms. The van der Waals surface area contributed by atoms with E-state index in [1.54, 1.807) is 49.6 Å². The number of hydrogen-bond donors (Lipinski definition) is 1. The van der Waals surface area contributed by atoms with Gasteiger partial charge in [-0.3, -0.25) is 13.9 Å². The molecule has 4 rings (SSSR count). The second-order valence-corrected chi connectivity index (χ2v) is 11.8. The molecule has 4 aromatic rings. The second kappa shape index (κ2) is 14.4. The highest BCUT2D eigenvalue weighted by atomic mass is 32.2. The number of para-hydroxylation sites is 1. The second-order valence-electron chi connectivity index (χ2n) is 9.87. The molecule has 1 N–H and O–H groups in total. The number of anilines is 1. The summed E-state index contributed by atoms with van der Waals surface area (Å²) >= 11 is 0. The zero-order valence-electron chi connectivity index (χ0n) is 24.3. The van der Waals surface area contributed by atoms with Crippen LogP contribution in [0.15, 0.2) is 109 Å². The molecule has 0 aliphatic carbocycles. The first-order valence-corrected chi connectivity index (χ1v) is 15.5. The molecule has 0 aliphatic rings. The number of carbonyl (C=O) groups is 2. The molecule has 9 nitrogen and oxygen atoms in total. The Hall–Kier alpha value is -4.83. The molecule has 0 bridgehead atoms. The lowest BCUT2D eigenvalue weighted by Gasteiger charge is -2.33. The van der Waals surface area contributed by atoms with E-state index < -0.39 is 28.5 Å². The lowest BCUT2D eigenvalue weighted by atomic mass is 10.0. The summed E-state index contributed by atoms with van der Waals surface area (Å²) in [6.45, 7) is -0.452. The van der Waals surface area contributed by atoms with Gasteiger partial charge in [0, 0.05) is 20.0 Å². The van der Waals surface area contributed by atoms with E-state index in [1.165, 1.54) is 11.9 Å². The van der Waals surface area contributed by atoms with E-state index in [9.17, 15) is 18.0 Å². The first-order chi connectivity index (χ1) is 20.7. The number of amides is 2. The molecule has 0 aromatic heterocycles. The van der Waals surface area contributed by atoms with Crippen LogP contribution in [0, 0.1) is 0 Å². The van der Waals surface area contributed by atoms with Crippen LogP contribution in [0.1, 0.15) is 11.1 Å². The molecule has 0 heterocycles. The lowest BCUT2D eigenvalue weighted by Crippen LogP contribution is -2.52. The number of ether oxygens (including phenoxy) is 2. The minimum absolute atomic E-state index is 0.0579. The number of nitrogens with zero attached hydrogens (tertiary/aromatic N) is 2. The van der Waals surface area contributed by atoms with Crippen molar-refractivity contribution in [2.75, 3.05) is 31.3 Å². The Morgan fingerprint density at radius 1 is 0.791 bits per heavy atom. The zero-order valence-corrected chi connectivity index (χ0v) is 25.2. The Kier molecular flexibility index (Phi) is 10.4. The SMILES string of the molecule is CNC(=O)[C@H](Cc1ccccc1)N(Cc1cccc(OC)c1)C(=O)CN(c1ccc(Oc2ccccc2)cc1)S(C)(=O)=O. The highest BCUT2D eigenvalue weighted by molar-refractivity contribution is 7.92. The molecule has 2 amide bonds. The van der Waals surface area contributed by atoms with Gasteiger partial charge in [-0.15, -0.1) is 0 Å². The van der Waals surface area contributed by atoms with E-state index in [4.69, 9.17) is 9.47 Å². The van der Waals surface area contributed by atoms with Crippen LogP contribution >= 0.6 is 0 Å². The standard InChI is InChI=1S/C33H35N3O6S/c1-34-33(38)31(22-25-11-6-4-7-12-25)35(23-26-13-10-16-30(21-26)41-2)32(37)24-36(43(3,39)40)27-17-19-29(20-18-27)42-28-14-8-5-9-15-28/h4-21,31H,22-24H2,1-3H3,(H,34,38)/t31-/m0/s1. The highest BCUT2D eigenvalue weighted by Gasteiger charge is 2.32. The van der Waals surface area contributed by atoms with Crippen LogP contribution in [0.5, 0.6) is 17.2 Å². The van der Waals surface area contributed by atoms with Crippen molar-refractivity contribution in [3.05, 3.63) is 120 Å². The minimum atomic E-state index is -3.89. The maximum absolute atomic E-state index is 14.1. The third-order valence-corrected chi connectivity index (χ3v) is 7.93. The number of methoxy groups -OCH3 is 1. The zero-order chi connectivity index (χ0) is 30.8. The Labute approximate surface area is 252 Å². The number of hydrogen-bond acceptors (Lipinski definition) is 6. The number of benzene rings is 4. The molecular weight excluding hydrogens is 566 g/mol. The largest absolute Gasteiger partial charge is 0.497 e. The Morgan fingerprint density at radius 2 is 1.37 bits per heavy atom. The predicted octanol–water partition coefficient (Wildman–Crippen LogP) is 4.64. The van der Waals surface area contributed by atoms with Crippen LogP contribution in [0.25, 0.3) is 0 Å². The number of carbonyl (C=O) groups excluding carboxylic acids is 2. The number of nitrogens with one attached hydrogen (secondary N) is 1. The third kappa shape index (κ3) is 8.59. The quantitative estimate of drug-likeness (QED) is 0.240. The predicted molar refractivity (Wildman–Crippen MR) is 167 cm³/mol. The maximum Gasteiger partial charge on any atom is 0.244 e. The highest BCUT2D eigenvalue weighted by Crippen LogP contribution is 2.26. The molecule has 4 aromatic carbocycles. The van der Waals surface area contributed by atoms with Crippen molar-refractivity contribution in [2.24, 2.45) is 0 Å². The van der Waals surface area contributed by atoms with Gasteiger partial charge in [-0.2, -0.15) is 0 Å². The Morgan fingerprint density at radius 3 is 1.98 bits per heavy atom. The van der Waals surface area contributed by atoms with Gasteiger partial charge in [0.25, 0.3) is 0 Å². The van der Waals surface area contributed by atoms with Gasteiger partial charge in [-0.1, -0.05) is 60.7 Å². The van der Waals surface area contributed by atoms with Crippen LogP contribution in [0.3, 0.4) is 0 Å². The van der Waals surface area contributed by atoms with Gasteiger partial charge in [0.2, 0.25) is 21.8 Å². The molecule has 0 unspecified atom stereocenters. The molecule has 0 fully saturated rings. The monoisotopic (exact) mass is 601 g/mol. The van der Waals surface area contributed by atoms with E-state index in [0.29, 0.717) is 17.2 Å². The fourth-order valence-corrected chi connectivity index (χ4v) is 5.46. The first-order valence-electron chi connectivity index (χ1n) is 13.7. The van der Waals surface area contributed by atoms with Crippen LogP contribution < -0.4 is 19.1 Å². The molecule has 10 heteroatoms. The Bertz CT molecular complexity index is 1610. The van der Waals surface area contributed by atoms with Crippen molar-refractivity contribution < 1.29 is 27.5 Å². The van der Waals surface area contributed by atoms with E-state index in [1.807, 2.05) is 66.7 Å². The molecule has 0 aliphatic heterocycles. The van der Waals surface area contributed by atoms with Crippen molar-refractivity contribution in [1.29, 1.82) is 0 Å². The van der Waals surface area contributed by atoms with Gasteiger partial charge in [0.15, 0.2) is 0 Å². The van der Waals surface area contributed by atoms with Crippen molar-refractivity contribution in [1.82, 2.24) is 10.2 Å². The fourth-order valence-electron chi connectivity index (χ4n) is 4.61. The van der Waals surface area contributed by atoms with Crippen LogP contribution in [0.4, 0.5) is 5.69 Å². The van der Waals surface area contributed by atoms with Gasteiger partial charge >= 0.3 is 0 Å². The van der Waals surface area contributed by atoms with Crippen molar-refractivity contribution in [3.8, 4) is 17.2 Å². The average Bonchev–Trinajstić information content (AvgIpc) is 3.02. The van der Waals surface area contributed by atoms with Crippen LogP contribution in [0.2, 0.25) is 0 Å². The molecule has 1 atom stereocenters. The summed E-state index contributed by atoms with van der Waals surface area (Å²) in [7, 11) is -0.831. The summed E-state index contributed by atoms with van der Waals surface area (Å²) in [6, 6.07) is 31.3. The molecule has 0 radical (unpaired) electrons. The summed E-state index contributed by atoms with van der Waals surface area (Å²) < 4.78 is 38.2. The number of sulfonamides is 1. The van der Waals surface area contributed by atoms with Crippen LogP contribution in [-0.2, 0) is 32.6 Å². The number of likely N-dealkylation sites (N-methyl/N-ethyl adjacent to an activating group) is 1. The first kappa shape index (κ1) is 31.1. The Balaban J connectivity index is 1.66. The summed E-state index contributed by atoms with van der Waals surface area (Å²) in [5.41, 5.74) is 1.87. The van der Waals surface area contributed by atoms with E-state index in [2.05, 4.69) is 5.32 Å². The van der Waals surface area contributed by atoms with Crippen molar-refractivity contribution >= 4 is 27.5 Å². The summed E-state index contributed by atoms with van der Waals surface area (Å²) in [6.07, 6.45) is 1.28. The number of rotatable bonds is 13. The van der Waals surface area contributed by atoms with Crippen molar-refractivity contribution in [2.45, 2.75) is 19.0 Å². The third-order valence-electron chi connectivity index (χ3n) is 6.79. The van der Waals surface area contributed by atoms with Gasteiger partial charge in [-0.05, 0) is 59.7 Å². The molecule has 0 saturated heterocycles.